The molecular formula is C31H26FN7O3. The van der Waals surface area contributed by atoms with Gasteiger partial charge < -0.3 is 29.2 Å². The van der Waals surface area contributed by atoms with Crippen LogP contribution in [0, 0.1) is 5.82 Å². The number of carbonyl (C=O) groups is 1. The van der Waals surface area contributed by atoms with Crippen LogP contribution < -0.4 is 20.1 Å². The van der Waals surface area contributed by atoms with Gasteiger partial charge in [-0.15, -0.1) is 0 Å². The van der Waals surface area contributed by atoms with E-state index < -0.39 is 5.82 Å². The monoisotopic (exact) mass is 563 g/mol. The highest BCUT2D eigenvalue weighted by Crippen LogP contribution is 2.36. The summed E-state index contributed by atoms with van der Waals surface area (Å²) in [6.07, 6.45) is 7.03. The fourth-order valence-electron chi connectivity index (χ4n) is 4.60. The number of nitrogens with one attached hydrogen (secondary N) is 2. The van der Waals surface area contributed by atoms with Gasteiger partial charge in [-0.25, -0.2) is 14.4 Å². The summed E-state index contributed by atoms with van der Waals surface area (Å²) in [5.74, 6) is 1.47. The minimum absolute atomic E-state index is 0.0661. The lowest BCUT2D eigenvalue weighted by Gasteiger charge is -2.14. The van der Waals surface area contributed by atoms with Crippen LogP contribution >= 0.6 is 0 Å². The molecule has 0 spiro atoms. The van der Waals surface area contributed by atoms with E-state index in [0.717, 1.165) is 16.9 Å². The lowest BCUT2D eigenvalue weighted by Crippen LogP contribution is -2.18. The van der Waals surface area contributed by atoms with Crippen molar-refractivity contribution in [3.8, 4) is 34.2 Å². The number of pyridine rings is 2. The third kappa shape index (κ3) is 5.10. The number of rotatable bonds is 8. The Morgan fingerprint density at radius 1 is 0.952 bits per heavy atom. The molecule has 0 saturated carbocycles. The number of hydrogen-bond acceptors (Lipinski definition) is 7. The predicted octanol–water partition coefficient (Wildman–Crippen LogP) is 5.86. The standard InChI is InChI=1S/C31H26FN7O3/c1-33-30(40)26-17-22(10-11-34-26)42-21-7-8-27-24(16-21)36-31(38(27)2)37-25-15-20(14-23(32)29(25)41-3)19-6-9-28(35-18-19)39-12-4-5-13-39/h4-18H,1-3H3,(H,33,40)(H,36,37). The van der Waals surface area contributed by atoms with E-state index in [2.05, 4.69) is 20.6 Å². The first-order valence-corrected chi connectivity index (χ1v) is 13.0. The molecule has 2 aromatic carbocycles. The minimum atomic E-state index is -0.519. The molecule has 0 aliphatic heterocycles. The molecule has 210 valence electrons. The first-order chi connectivity index (χ1) is 20.4. The third-order valence-electron chi connectivity index (χ3n) is 6.72. The molecule has 2 N–H and O–H groups in total. The number of aryl methyl sites for hydroxylation is 1. The zero-order chi connectivity index (χ0) is 29.2. The van der Waals surface area contributed by atoms with Crippen molar-refractivity contribution in [2.24, 2.45) is 7.05 Å². The molecule has 6 aromatic rings. The van der Waals surface area contributed by atoms with Crippen LogP contribution in [0.3, 0.4) is 0 Å². The summed E-state index contributed by atoms with van der Waals surface area (Å²) >= 11 is 0. The van der Waals surface area contributed by atoms with E-state index in [1.807, 2.05) is 58.9 Å². The van der Waals surface area contributed by atoms with Crippen molar-refractivity contribution in [3.05, 3.63) is 103 Å². The Morgan fingerprint density at radius 3 is 2.50 bits per heavy atom. The summed E-state index contributed by atoms with van der Waals surface area (Å²) in [7, 11) is 4.81. The Balaban J connectivity index is 1.29. The molecule has 0 fully saturated rings. The zero-order valence-corrected chi connectivity index (χ0v) is 23.0. The molecule has 4 heterocycles. The average molecular weight is 564 g/mol. The highest BCUT2D eigenvalue weighted by atomic mass is 19.1. The number of carbonyl (C=O) groups excluding carboxylic acids is 1. The average Bonchev–Trinajstić information content (AvgIpc) is 3.65. The van der Waals surface area contributed by atoms with Crippen molar-refractivity contribution < 1.29 is 18.7 Å². The maximum absolute atomic E-state index is 15.2. The van der Waals surface area contributed by atoms with Crippen LogP contribution in [0.2, 0.25) is 0 Å². The second kappa shape index (κ2) is 11.0. The SMILES string of the molecule is CNC(=O)c1cc(Oc2ccc3c(c2)nc(Nc2cc(-c4ccc(-n5cccc5)nc4)cc(F)c2OC)n3C)ccn1. The Morgan fingerprint density at radius 2 is 1.76 bits per heavy atom. The minimum Gasteiger partial charge on any atom is -0.492 e. The van der Waals surface area contributed by atoms with E-state index >= 15 is 4.39 Å². The fraction of sp³-hybridized carbons (Fsp3) is 0.0968. The number of halogens is 1. The topological polar surface area (TPSA) is 108 Å². The quantitative estimate of drug-likeness (QED) is 0.239. The molecule has 0 radical (unpaired) electrons. The highest BCUT2D eigenvalue weighted by molar-refractivity contribution is 5.92. The number of imidazole rings is 1. The fourth-order valence-corrected chi connectivity index (χ4v) is 4.60. The molecule has 11 heteroatoms. The van der Waals surface area contributed by atoms with Gasteiger partial charge in [0.25, 0.3) is 5.91 Å². The highest BCUT2D eigenvalue weighted by Gasteiger charge is 2.17. The van der Waals surface area contributed by atoms with Gasteiger partial charge in [-0.3, -0.25) is 9.78 Å². The summed E-state index contributed by atoms with van der Waals surface area (Å²) in [4.78, 5) is 25.2. The second-order valence-electron chi connectivity index (χ2n) is 9.36. The molecule has 0 aliphatic rings. The first-order valence-electron chi connectivity index (χ1n) is 13.0. The number of amides is 1. The molecule has 0 aliphatic carbocycles. The van der Waals surface area contributed by atoms with Crippen molar-refractivity contribution in [2.45, 2.75) is 0 Å². The van der Waals surface area contributed by atoms with Crippen LogP contribution in [0.15, 0.2) is 91.5 Å². The van der Waals surface area contributed by atoms with Crippen molar-refractivity contribution in [3.63, 3.8) is 0 Å². The molecule has 0 unspecified atom stereocenters. The number of fused-ring (bicyclic) bond motifs is 1. The van der Waals surface area contributed by atoms with Crippen molar-refractivity contribution >= 4 is 28.6 Å². The van der Waals surface area contributed by atoms with Gasteiger partial charge in [0.15, 0.2) is 11.6 Å². The van der Waals surface area contributed by atoms with Crippen LogP contribution in [-0.2, 0) is 7.05 Å². The molecule has 42 heavy (non-hydrogen) atoms. The summed E-state index contributed by atoms with van der Waals surface area (Å²) < 4.78 is 30.3. The summed E-state index contributed by atoms with van der Waals surface area (Å²) in [5.41, 5.74) is 3.51. The number of benzene rings is 2. The van der Waals surface area contributed by atoms with Gasteiger partial charge >= 0.3 is 0 Å². The normalized spacial score (nSPS) is 11.0. The van der Waals surface area contributed by atoms with Gasteiger partial charge in [-0.1, -0.05) is 0 Å². The molecule has 0 saturated heterocycles. The lowest BCUT2D eigenvalue weighted by molar-refractivity contribution is 0.0958. The van der Waals surface area contributed by atoms with Crippen molar-refractivity contribution in [2.75, 3.05) is 19.5 Å². The molecule has 10 nitrogen and oxygen atoms in total. The number of hydrogen-bond donors (Lipinski definition) is 2. The molecular weight excluding hydrogens is 537 g/mol. The smallest absolute Gasteiger partial charge is 0.269 e. The van der Waals surface area contributed by atoms with E-state index in [4.69, 9.17) is 14.5 Å². The Kier molecular flexibility index (Phi) is 6.97. The number of nitrogens with zero attached hydrogens (tertiary/aromatic N) is 5. The predicted molar refractivity (Wildman–Crippen MR) is 157 cm³/mol. The van der Waals surface area contributed by atoms with Gasteiger partial charge in [0.2, 0.25) is 5.95 Å². The van der Waals surface area contributed by atoms with E-state index in [1.165, 1.54) is 26.4 Å². The van der Waals surface area contributed by atoms with Crippen LogP contribution in [0.25, 0.3) is 28.0 Å². The third-order valence-corrected chi connectivity index (χ3v) is 6.72. The van der Waals surface area contributed by atoms with Crippen molar-refractivity contribution in [1.29, 1.82) is 0 Å². The van der Waals surface area contributed by atoms with Crippen LogP contribution in [-0.4, -0.2) is 44.2 Å². The molecule has 1 amide bonds. The second-order valence-corrected chi connectivity index (χ2v) is 9.36. The molecule has 0 atom stereocenters. The van der Waals surface area contributed by atoms with Gasteiger partial charge in [0.05, 0.1) is 23.8 Å². The number of ether oxygens (including phenoxy) is 2. The zero-order valence-electron chi connectivity index (χ0n) is 23.0. The maximum atomic E-state index is 15.2. The summed E-state index contributed by atoms with van der Waals surface area (Å²) in [6, 6.07) is 19.5. The number of methoxy groups -OCH3 is 1. The Hall–Kier alpha value is -5.71. The summed E-state index contributed by atoms with van der Waals surface area (Å²) in [6.45, 7) is 0. The molecule has 6 rings (SSSR count). The lowest BCUT2D eigenvalue weighted by atomic mass is 10.1. The van der Waals surface area contributed by atoms with Crippen LogP contribution in [0.5, 0.6) is 17.2 Å². The Bertz CT molecular complexity index is 1900. The van der Waals surface area contributed by atoms with Crippen LogP contribution in [0.1, 0.15) is 10.5 Å². The van der Waals surface area contributed by atoms with Gasteiger partial charge in [-0.05, 0) is 60.2 Å². The van der Waals surface area contributed by atoms with E-state index in [-0.39, 0.29) is 17.4 Å². The maximum Gasteiger partial charge on any atom is 0.269 e. The van der Waals surface area contributed by atoms with Crippen LogP contribution in [0.4, 0.5) is 16.0 Å². The van der Waals surface area contributed by atoms with Gasteiger partial charge in [0, 0.05) is 56.6 Å². The first kappa shape index (κ1) is 26.5. The van der Waals surface area contributed by atoms with Crippen molar-refractivity contribution in [1.82, 2.24) is 29.4 Å². The van der Waals surface area contributed by atoms with Gasteiger partial charge in [0.1, 0.15) is 23.0 Å². The Labute approximate surface area is 240 Å². The number of anilines is 2. The summed E-state index contributed by atoms with van der Waals surface area (Å²) in [5, 5.41) is 5.77. The van der Waals surface area contributed by atoms with E-state index in [1.54, 1.807) is 36.5 Å². The van der Waals surface area contributed by atoms with Gasteiger partial charge in [-0.2, -0.15) is 0 Å². The largest absolute Gasteiger partial charge is 0.492 e. The van der Waals surface area contributed by atoms with E-state index in [9.17, 15) is 4.79 Å². The molecule has 4 aromatic heterocycles. The molecule has 0 bridgehead atoms. The van der Waals surface area contributed by atoms with E-state index in [0.29, 0.717) is 34.2 Å². The number of aromatic nitrogens is 5.